The molecule has 2 nitrogen and oxygen atoms in total. The van der Waals surface area contributed by atoms with Gasteiger partial charge in [-0.05, 0) is 17.4 Å². The van der Waals surface area contributed by atoms with E-state index in [4.69, 9.17) is 4.74 Å². The van der Waals surface area contributed by atoms with Gasteiger partial charge in [0.05, 0.1) is 12.0 Å². The highest BCUT2D eigenvalue weighted by Crippen LogP contribution is 2.34. The van der Waals surface area contributed by atoms with Gasteiger partial charge in [0.15, 0.2) is 5.78 Å². The van der Waals surface area contributed by atoms with Gasteiger partial charge in [-0.15, -0.1) is 0 Å². The van der Waals surface area contributed by atoms with Crippen LogP contribution in [0.4, 0.5) is 0 Å². The van der Waals surface area contributed by atoms with E-state index >= 15 is 0 Å². The predicted octanol–water partition coefficient (Wildman–Crippen LogP) is 4.59. The highest BCUT2D eigenvalue weighted by molar-refractivity contribution is 6.00. The lowest BCUT2D eigenvalue weighted by Crippen LogP contribution is -2.21. The molecule has 0 N–H and O–H groups in total. The fourth-order valence-electron chi connectivity index (χ4n) is 2.20. The third-order valence-corrected chi connectivity index (χ3v) is 3.35. The molecule has 1 fully saturated rings. The Morgan fingerprint density at radius 1 is 1.30 bits per heavy atom. The summed E-state index contributed by atoms with van der Waals surface area (Å²) in [6.45, 7) is 10.4. The molecule has 0 aliphatic carbocycles. The lowest BCUT2D eigenvalue weighted by atomic mass is 9.88. The molecule has 0 aromatic heterocycles. The first-order valence-corrected chi connectivity index (χ1v) is 7.01. The number of carbonyl (C=O) groups excluding carboxylic acids is 1. The van der Waals surface area contributed by atoms with Crippen molar-refractivity contribution in [2.24, 2.45) is 5.41 Å². The van der Waals surface area contributed by atoms with Gasteiger partial charge in [0.2, 0.25) is 0 Å². The zero-order chi connectivity index (χ0) is 14.8. The molecule has 0 radical (unpaired) electrons. The second-order valence-electron chi connectivity index (χ2n) is 6.45. The van der Waals surface area contributed by atoms with Crippen LogP contribution >= 0.6 is 0 Å². The standard InChI is InChI=1S/C18H22O2/c1-13-15(10-11-18(2,3)4)16(19)12-17(20-13)14-8-6-5-7-9-14/h5-10,17H,1,11-12H2,2-4H3/b15-10-. The number of carbonyl (C=O) groups is 1. The maximum Gasteiger partial charge on any atom is 0.170 e. The van der Waals surface area contributed by atoms with Crippen LogP contribution in [0.15, 0.2) is 54.3 Å². The van der Waals surface area contributed by atoms with Gasteiger partial charge in [-0.3, -0.25) is 4.79 Å². The normalized spacial score (nSPS) is 21.9. The van der Waals surface area contributed by atoms with Crippen LogP contribution in [-0.2, 0) is 9.53 Å². The molecule has 20 heavy (non-hydrogen) atoms. The van der Waals surface area contributed by atoms with E-state index in [0.717, 1.165) is 12.0 Å². The van der Waals surface area contributed by atoms with E-state index in [9.17, 15) is 4.79 Å². The quantitative estimate of drug-likeness (QED) is 0.734. The monoisotopic (exact) mass is 270 g/mol. The average molecular weight is 270 g/mol. The second-order valence-corrected chi connectivity index (χ2v) is 6.45. The first-order chi connectivity index (χ1) is 9.37. The van der Waals surface area contributed by atoms with E-state index < -0.39 is 0 Å². The molecule has 1 aromatic carbocycles. The van der Waals surface area contributed by atoms with E-state index in [-0.39, 0.29) is 17.3 Å². The Morgan fingerprint density at radius 3 is 2.50 bits per heavy atom. The van der Waals surface area contributed by atoms with E-state index in [2.05, 4.69) is 27.4 Å². The highest BCUT2D eigenvalue weighted by atomic mass is 16.5. The van der Waals surface area contributed by atoms with Crippen LogP contribution < -0.4 is 0 Å². The number of benzene rings is 1. The SMILES string of the molecule is C=C1OC(c2ccccc2)CC(=O)/C1=C\CC(C)(C)C. The number of ketones is 1. The number of ether oxygens (including phenoxy) is 1. The fourth-order valence-corrected chi connectivity index (χ4v) is 2.20. The summed E-state index contributed by atoms with van der Waals surface area (Å²) in [6.07, 6.45) is 2.99. The summed E-state index contributed by atoms with van der Waals surface area (Å²) in [5.74, 6) is 0.624. The van der Waals surface area contributed by atoms with Crippen LogP contribution in [0, 0.1) is 5.41 Å². The molecule has 1 aliphatic rings. The van der Waals surface area contributed by atoms with E-state index in [0.29, 0.717) is 17.8 Å². The molecule has 0 spiro atoms. The number of Topliss-reactive ketones (excluding diaryl/α,β-unsaturated/α-hetero) is 1. The zero-order valence-corrected chi connectivity index (χ0v) is 12.5. The molecule has 1 atom stereocenters. The maximum absolute atomic E-state index is 12.3. The number of hydrogen-bond acceptors (Lipinski definition) is 2. The van der Waals surface area contributed by atoms with E-state index in [1.165, 1.54) is 0 Å². The molecule has 0 saturated carbocycles. The molecule has 1 saturated heterocycles. The predicted molar refractivity (Wildman–Crippen MR) is 81.2 cm³/mol. The summed E-state index contributed by atoms with van der Waals surface area (Å²) in [6, 6.07) is 9.83. The number of allylic oxidation sites excluding steroid dienone is 2. The molecular weight excluding hydrogens is 248 g/mol. The van der Waals surface area contributed by atoms with Gasteiger partial charge in [0, 0.05) is 0 Å². The summed E-state index contributed by atoms with van der Waals surface area (Å²) in [5.41, 5.74) is 1.83. The molecule has 0 amide bonds. The molecule has 106 valence electrons. The van der Waals surface area contributed by atoms with Crippen LogP contribution in [0.25, 0.3) is 0 Å². The van der Waals surface area contributed by atoms with Gasteiger partial charge in [-0.25, -0.2) is 0 Å². The van der Waals surface area contributed by atoms with Gasteiger partial charge in [-0.1, -0.05) is 63.8 Å². The van der Waals surface area contributed by atoms with Crippen LogP contribution in [0.3, 0.4) is 0 Å². The summed E-state index contributed by atoms with van der Waals surface area (Å²) in [4.78, 5) is 12.3. The molecule has 1 aliphatic heterocycles. The Balaban J connectivity index is 2.13. The number of rotatable bonds is 2. The van der Waals surface area contributed by atoms with Crippen molar-refractivity contribution < 1.29 is 9.53 Å². The fraction of sp³-hybridized carbons (Fsp3) is 0.389. The Bertz CT molecular complexity index is 512. The van der Waals surface area contributed by atoms with E-state index in [1.54, 1.807) is 0 Å². The lowest BCUT2D eigenvalue weighted by Gasteiger charge is -2.27. The van der Waals surface area contributed by atoms with Crippen molar-refractivity contribution in [1.29, 1.82) is 0 Å². The Morgan fingerprint density at radius 2 is 1.95 bits per heavy atom. The van der Waals surface area contributed by atoms with E-state index in [1.807, 2.05) is 36.4 Å². The summed E-state index contributed by atoms with van der Waals surface area (Å²) in [7, 11) is 0. The van der Waals surface area contributed by atoms with Crippen molar-refractivity contribution in [1.82, 2.24) is 0 Å². The van der Waals surface area contributed by atoms with Crippen LogP contribution in [-0.4, -0.2) is 5.78 Å². The highest BCUT2D eigenvalue weighted by Gasteiger charge is 2.29. The van der Waals surface area contributed by atoms with Crippen LogP contribution in [0.2, 0.25) is 0 Å². The summed E-state index contributed by atoms with van der Waals surface area (Å²) >= 11 is 0. The largest absolute Gasteiger partial charge is 0.485 e. The second kappa shape index (κ2) is 5.66. The topological polar surface area (TPSA) is 26.3 Å². The minimum atomic E-state index is -0.206. The Labute approximate surface area is 121 Å². The third kappa shape index (κ3) is 3.60. The summed E-state index contributed by atoms with van der Waals surface area (Å²) < 4.78 is 5.84. The molecule has 2 heteroatoms. The Hall–Kier alpha value is -1.83. The lowest BCUT2D eigenvalue weighted by molar-refractivity contribution is -0.120. The minimum absolute atomic E-state index is 0.124. The first-order valence-electron chi connectivity index (χ1n) is 7.01. The average Bonchev–Trinajstić information content (AvgIpc) is 2.37. The van der Waals surface area contributed by atoms with Crippen molar-refractivity contribution in [3.8, 4) is 0 Å². The minimum Gasteiger partial charge on any atom is -0.485 e. The van der Waals surface area contributed by atoms with Gasteiger partial charge in [-0.2, -0.15) is 0 Å². The number of hydrogen-bond donors (Lipinski definition) is 0. The molecule has 1 heterocycles. The zero-order valence-electron chi connectivity index (χ0n) is 12.5. The van der Waals surface area contributed by atoms with Crippen molar-refractivity contribution in [3.05, 3.63) is 59.9 Å². The van der Waals surface area contributed by atoms with Crippen molar-refractivity contribution in [2.75, 3.05) is 0 Å². The van der Waals surface area contributed by atoms with Crippen molar-refractivity contribution >= 4 is 5.78 Å². The van der Waals surface area contributed by atoms with Gasteiger partial charge < -0.3 is 4.74 Å². The van der Waals surface area contributed by atoms with Crippen molar-refractivity contribution in [3.63, 3.8) is 0 Å². The molecular formula is C18H22O2. The van der Waals surface area contributed by atoms with Gasteiger partial charge >= 0.3 is 0 Å². The maximum atomic E-state index is 12.3. The molecule has 1 aromatic rings. The van der Waals surface area contributed by atoms with Crippen LogP contribution in [0.5, 0.6) is 0 Å². The Kier molecular flexibility index (Phi) is 4.12. The molecule has 2 rings (SSSR count). The van der Waals surface area contributed by atoms with Crippen molar-refractivity contribution in [2.45, 2.75) is 39.7 Å². The third-order valence-electron chi connectivity index (χ3n) is 3.35. The van der Waals surface area contributed by atoms with Gasteiger partial charge in [0.25, 0.3) is 0 Å². The van der Waals surface area contributed by atoms with Gasteiger partial charge in [0.1, 0.15) is 11.9 Å². The van der Waals surface area contributed by atoms with Crippen LogP contribution in [0.1, 0.15) is 45.3 Å². The smallest absolute Gasteiger partial charge is 0.170 e. The first kappa shape index (κ1) is 14.6. The molecule has 0 bridgehead atoms. The summed E-state index contributed by atoms with van der Waals surface area (Å²) in [5, 5.41) is 0. The molecule has 1 unspecified atom stereocenters.